The van der Waals surface area contributed by atoms with Crippen molar-refractivity contribution in [2.45, 2.75) is 12.1 Å². The number of hydrogen-bond acceptors (Lipinski definition) is 2. The van der Waals surface area contributed by atoms with E-state index in [0.717, 1.165) is 6.07 Å². The molecule has 1 rings (SSSR count). The number of hydrogen-bond donors (Lipinski definition) is 1. The van der Waals surface area contributed by atoms with E-state index >= 15 is 0 Å². The number of nitrogens with two attached hydrogens (primary N) is 1. The lowest BCUT2D eigenvalue weighted by atomic mass is 10.3. The Bertz CT molecular complexity index is 363. The number of alkyl halides is 5. The van der Waals surface area contributed by atoms with Gasteiger partial charge in [0, 0.05) is 11.8 Å². The summed E-state index contributed by atoms with van der Waals surface area (Å²) in [5.74, 6) is -5.01. The average Bonchev–Trinajstić information content (AvgIpc) is 2.13. The van der Waals surface area contributed by atoms with Crippen LogP contribution in [0, 0.1) is 0 Å². The average molecular weight is 241 g/mol. The van der Waals surface area contributed by atoms with Gasteiger partial charge < -0.3 is 10.5 Å². The molecule has 2 nitrogen and oxygen atoms in total. The standard InChI is InChI=1S/C9H8F5NO/c10-8(11,9(12,13)14)5-16-7-3-1-2-6(15)4-7/h1-4H,5,15H2. The minimum atomic E-state index is -5.62. The molecule has 0 bridgehead atoms. The van der Waals surface area contributed by atoms with E-state index in [0.29, 0.717) is 0 Å². The minimum Gasteiger partial charge on any atom is -0.487 e. The number of nitrogen functional groups attached to an aromatic ring is 1. The molecule has 1 aromatic rings. The molecule has 0 heterocycles. The van der Waals surface area contributed by atoms with E-state index in [1.54, 1.807) is 0 Å². The molecule has 16 heavy (non-hydrogen) atoms. The Morgan fingerprint density at radius 2 is 1.75 bits per heavy atom. The van der Waals surface area contributed by atoms with Crippen LogP contribution >= 0.6 is 0 Å². The van der Waals surface area contributed by atoms with Crippen LogP contribution in [0.4, 0.5) is 27.6 Å². The van der Waals surface area contributed by atoms with Crippen LogP contribution in [0.3, 0.4) is 0 Å². The van der Waals surface area contributed by atoms with Crippen molar-refractivity contribution < 1.29 is 26.7 Å². The summed E-state index contributed by atoms with van der Waals surface area (Å²) in [6, 6.07) is 5.24. The topological polar surface area (TPSA) is 35.2 Å². The summed E-state index contributed by atoms with van der Waals surface area (Å²) in [5, 5.41) is 0. The van der Waals surface area contributed by atoms with Crippen LogP contribution in [0.5, 0.6) is 5.75 Å². The highest BCUT2D eigenvalue weighted by Crippen LogP contribution is 2.35. The zero-order valence-electron chi connectivity index (χ0n) is 7.89. The van der Waals surface area contributed by atoms with Crippen molar-refractivity contribution in [3.8, 4) is 5.75 Å². The number of ether oxygens (including phenoxy) is 1. The van der Waals surface area contributed by atoms with Crippen molar-refractivity contribution in [2.24, 2.45) is 0 Å². The Labute approximate surface area is 87.8 Å². The van der Waals surface area contributed by atoms with E-state index in [4.69, 9.17) is 5.73 Å². The van der Waals surface area contributed by atoms with Crippen LogP contribution in [0.2, 0.25) is 0 Å². The van der Waals surface area contributed by atoms with Gasteiger partial charge in [0.1, 0.15) is 5.75 Å². The zero-order chi connectivity index (χ0) is 12.4. The van der Waals surface area contributed by atoms with Gasteiger partial charge in [0.2, 0.25) is 0 Å². The summed E-state index contributed by atoms with van der Waals surface area (Å²) in [6.45, 7) is -1.76. The van der Waals surface area contributed by atoms with Crippen LogP contribution in [0.1, 0.15) is 0 Å². The Morgan fingerprint density at radius 1 is 1.12 bits per heavy atom. The summed E-state index contributed by atoms with van der Waals surface area (Å²) >= 11 is 0. The molecule has 0 aliphatic carbocycles. The van der Waals surface area contributed by atoms with Gasteiger partial charge in [-0.1, -0.05) is 6.07 Å². The fourth-order valence-electron chi connectivity index (χ4n) is 0.860. The molecule has 0 spiro atoms. The quantitative estimate of drug-likeness (QED) is 0.652. The SMILES string of the molecule is Nc1cccc(OCC(F)(F)C(F)(F)F)c1. The zero-order valence-corrected chi connectivity index (χ0v) is 7.89. The molecule has 7 heteroatoms. The van der Waals surface area contributed by atoms with Crippen LogP contribution in [-0.4, -0.2) is 18.7 Å². The molecule has 0 fully saturated rings. The van der Waals surface area contributed by atoms with E-state index in [1.807, 2.05) is 0 Å². The van der Waals surface area contributed by atoms with Crippen LogP contribution in [0.25, 0.3) is 0 Å². The number of anilines is 1. The fraction of sp³-hybridized carbons (Fsp3) is 0.333. The summed E-state index contributed by atoms with van der Waals surface area (Å²) in [6.07, 6.45) is -5.62. The second-order valence-corrected chi connectivity index (χ2v) is 3.06. The Kier molecular flexibility index (Phi) is 3.25. The van der Waals surface area contributed by atoms with Gasteiger partial charge in [-0.25, -0.2) is 0 Å². The van der Waals surface area contributed by atoms with Gasteiger partial charge in [0.25, 0.3) is 0 Å². The molecule has 0 atom stereocenters. The third-order valence-electron chi connectivity index (χ3n) is 1.69. The second-order valence-electron chi connectivity index (χ2n) is 3.06. The molecule has 90 valence electrons. The molecule has 0 saturated carbocycles. The van der Waals surface area contributed by atoms with Gasteiger partial charge >= 0.3 is 12.1 Å². The Balaban J connectivity index is 2.65. The van der Waals surface area contributed by atoms with E-state index in [9.17, 15) is 22.0 Å². The summed E-state index contributed by atoms with van der Waals surface area (Å²) in [5.41, 5.74) is 5.51. The lowest BCUT2D eigenvalue weighted by Gasteiger charge is -2.19. The molecule has 0 aromatic heterocycles. The van der Waals surface area contributed by atoms with Crippen molar-refractivity contribution >= 4 is 5.69 Å². The van der Waals surface area contributed by atoms with Crippen molar-refractivity contribution in [1.29, 1.82) is 0 Å². The van der Waals surface area contributed by atoms with Gasteiger partial charge in [-0.05, 0) is 12.1 Å². The molecule has 1 aromatic carbocycles. The Morgan fingerprint density at radius 3 is 2.25 bits per heavy atom. The first kappa shape index (κ1) is 12.5. The fourth-order valence-corrected chi connectivity index (χ4v) is 0.860. The maximum Gasteiger partial charge on any atom is 0.456 e. The second kappa shape index (κ2) is 4.15. The first-order valence-electron chi connectivity index (χ1n) is 4.15. The van der Waals surface area contributed by atoms with Crippen molar-refractivity contribution in [3.05, 3.63) is 24.3 Å². The molecule has 0 radical (unpaired) electrons. The lowest BCUT2D eigenvalue weighted by molar-refractivity contribution is -0.290. The monoisotopic (exact) mass is 241 g/mol. The largest absolute Gasteiger partial charge is 0.487 e. The number of rotatable bonds is 3. The normalized spacial score (nSPS) is 12.6. The first-order valence-corrected chi connectivity index (χ1v) is 4.15. The van der Waals surface area contributed by atoms with Gasteiger partial charge in [-0.2, -0.15) is 22.0 Å². The van der Waals surface area contributed by atoms with Crippen LogP contribution in [0.15, 0.2) is 24.3 Å². The molecule has 0 aliphatic heterocycles. The predicted molar refractivity (Wildman–Crippen MR) is 47.4 cm³/mol. The van der Waals surface area contributed by atoms with Crippen LogP contribution < -0.4 is 10.5 Å². The highest BCUT2D eigenvalue weighted by Gasteiger charge is 2.58. The van der Waals surface area contributed by atoms with E-state index in [1.165, 1.54) is 18.2 Å². The maximum atomic E-state index is 12.4. The minimum absolute atomic E-state index is 0.135. The van der Waals surface area contributed by atoms with Gasteiger partial charge in [-0.15, -0.1) is 0 Å². The predicted octanol–water partition coefficient (Wildman–Crippen LogP) is 2.85. The number of benzene rings is 1. The van der Waals surface area contributed by atoms with E-state index in [2.05, 4.69) is 4.74 Å². The Hall–Kier alpha value is -1.53. The molecule has 0 amide bonds. The first-order chi connectivity index (χ1) is 7.22. The third kappa shape index (κ3) is 2.98. The van der Waals surface area contributed by atoms with Gasteiger partial charge in [0.15, 0.2) is 6.61 Å². The molecule has 0 saturated heterocycles. The third-order valence-corrected chi connectivity index (χ3v) is 1.69. The summed E-state index contributed by atoms with van der Waals surface area (Å²) in [4.78, 5) is 0. The highest BCUT2D eigenvalue weighted by atomic mass is 19.4. The van der Waals surface area contributed by atoms with Crippen molar-refractivity contribution in [2.75, 3.05) is 12.3 Å². The molecule has 0 unspecified atom stereocenters. The number of halogens is 5. The van der Waals surface area contributed by atoms with Crippen molar-refractivity contribution in [1.82, 2.24) is 0 Å². The molecule has 2 N–H and O–H groups in total. The lowest BCUT2D eigenvalue weighted by Crippen LogP contribution is -2.41. The highest BCUT2D eigenvalue weighted by molar-refractivity contribution is 5.43. The van der Waals surface area contributed by atoms with Gasteiger partial charge in [0.05, 0.1) is 0 Å². The summed E-state index contributed by atoms with van der Waals surface area (Å²) in [7, 11) is 0. The molecule has 0 aliphatic rings. The van der Waals surface area contributed by atoms with Gasteiger partial charge in [-0.3, -0.25) is 0 Å². The van der Waals surface area contributed by atoms with Crippen LogP contribution in [-0.2, 0) is 0 Å². The maximum absolute atomic E-state index is 12.4. The molecular weight excluding hydrogens is 233 g/mol. The molecular formula is C9H8F5NO. The van der Waals surface area contributed by atoms with E-state index in [-0.39, 0.29) is 11.4 Å². The summed E-state index contributed by atoms with van der Waals surface area (Å²) < 4.78 is 64.5. The smallest absolute Gasteiger partial charge is 0.456 e. The van der Waals surface area contributed by atoms with Crippen molar-refractivity contribution in [3.63, 3.8) is 0 Å². The van der Waals surface area contributed by atoms with E-state index < -0.39 is 18.7 Å².